The Balaban J connectivity index is 2.32. The monoisotopic (exact) mass is 233 g/mol. The van der Waals surface area contributed by atoms with Crippen LogP contribution in [0.3, 0.4) is 0 Å². The molecule has 0 unspecified atom stereocenters. The lowest BCUT2D eigenvalue weighted by Gasteiger charge is -2.33. The van der Waals surface area contributed by atoms with E-state index in [-0.39, 0.29) is 11.0 Å². The van der Waals surface area contributed by atoms with Crippen LogP contribution in [0.2, 0.25) is 0 Å². The van der Waals surface area contributed by atoms with Crippen molar-refractivity contribution in [1.82, 2.24) is 9.97 Å². The van der Waals surface area contributed by atoms with Gasteiger partial charge in [0.05, 0.1) is 11.2 Å². The number of hydrogen-bond donors (Lipinski definition) is 1. The van der Waals surface area contributed by atoms with Gasteiger partial charge in [-0.25, -0.2) is 9.97 Å². The van der Waals surface area contributed by atoms with Gasteiger partial charge in [0.2, 0.25) is 0 Å². The van der Waals surface area contributed by atoms with Crippen LogP contribution in [0, 0.1) is 0 Å². The zero-order chi connectivity index (χ0) is 12.5. The second-order valence-corrected chi connectivity index (χ2v) is 6.23. The second kappa shape index (κ2) is 4.37. The number of hydrogen-bond acceptors (Lipinski definition) is 3. The first-order chi connectivity index (χ1) is 7.92. The standard InChI is InChI=1S/C14H23N3/c1-13(2,3)12-16-10-7-11(17-12)14(15)8-5-4-6-9-14/h7,10H,4-6,8-9,15H2,1-3H3. The van der Waals surface area contributed by atoms with Gasteiger partial charge in [0, 0.05) is 11.6 Å². The van der Waals surface area contributed by atoms with E-state index in [0.29, 0.717) is 0 Å². The maximum absolute atomic E-state index is 6.50. The Labute approximate surface area is 104 Å². The molecule has 0 bridgehead atoms. The fraction of sp³-hybridized carbons (Fsp3) is 0.714. The maximum Gasteiger partial charge on any atom is 0.133 e. The van der Waals surface area contributed by atoms with E-state index in [9.17, 15) is 0 Å². The molecule has 1 saturated carbocycles. The van der Waals surface area contributed by atoms with Crippen molar-refractivity contribution in [3.63, 3.8) is 0 Å². The average Bonchev–Trinajstić information content (AvgIpc) is 2.29. The largest absolute Gasteiger partial charge is 0.320 e. The lowest BCUT2D eigenvalue weighted by Crippen LogP contribution is -2.40. The predicted octanol–water partition coefficient (Wildman–Crippen LogP) is 2.89. The smallest absolute Gasteiger partial charge is 0.133 e. The van der Waals surface area contributed by atoms with E-state index in [1.54, 1.807) is 0 Å². The van der Waals surface area contributed by atoms with Gasteiger partial charge in [-0.3, -0.25) is 0 Å². The summed E-state index contributed by atoms with van der Waals surface area (Å²) in [6, 6.07) is 1.99. The number of nitrogens with zero attached hydrogens (tertiary/aromatic N) is 2. The van der Waals surface area contributed by atoms with Gasteiger partial charge < -0.3 is 5.73 Å². The van der Waals surface area contributed by atoms with Crippen LogP contribution in [0.5, 0.6) is 0 Å². The van der Waals surface area contributed by atoms with E-state index in [1.165, 1.54) is 19.3 Å². The Morgan fingerprint density at radius 1 is 1.18 bits per heavy atom. The van der Waals surface area contributed by atoms with Crippen molar-refractivity contribution in [1.29, 1.82) is 0 Å². The molecule has 1 heterocycles. The molecular formula is C14H23N3. The SMILES string of the molecule is CC(C)(C)c1nccc(C2(N)CCCCC2)n1. The minimum Gasteiger partial charge on any atom is -0.320 e. The average molecular weight is 233 g/mol. The third-order valence-electron chi connectivity index (χ3n) is 3.58. The van der Waals surface area contributed by atoms with E-state index in [0.717, 1.165) is 24.4 Å². The molecule has 94 valence electrons. The molecular weight excluding hydrogens is 210 g/mol. The Hall–Kier alpha value is -0.960. The number of rotatable bonds is 1. The van der Waals surface area contributed by atoms with Gasteiger partial charge in [-0.05, 0) is 18.9 Å². The van der Waals surface area contributed by atoms with Crippen molar-refractivity contribution in [2.45, 2.75) is 63.8 Å². The van der Waals surface area contributed by atoms with Gasteiger partial charge >= 0.3 is 0 Å². The summed E-state index contributed by atoms with van der Waals surface area (Å²) in [4.78, 5) is 9.07. The van der Waals surface area contributed by atoms with Crippen LogP contribution in [0.25, 0.3) is 0 Å². The van der Waals surface area contributed by atoms with Crippen LogP contribution in [0.4, 0.5) is 0 Å². The van der Waals surface area contributed by atoms with Crippen LogP contribution in [-0.4, -0.2) is 9.97 Å². The van der Waals surface area contributed by atoms with E-state index in [1.807, 2.05) is 12.3 Å². The molecule has 0 atom stereocenters. The molecule has 2 rings (SSSR count). The molecule has 0 aromatic carbocycles. The van der Waals surface area contributed by atoms with E-state index >= 15 is 0 Å². The molecule has 1 aromatic rings. The first kappa shape index (κ1) is 12.5. The van der Waals surface area contributed by atoms with Crippen molar-refractivity contribution in [3.05, 3.63) is 23.8 Å². The quantitative estimate of drug-likeness (QED) is 0.811. The molecule has 17 heavy (non-hydrogen) atoms. The molecule has 2 N–H and O–H groups in total. The lowest BCUT2D eigenvalue weighted by atomic mass is 9.80. The van der Waals surface area contributed by atoms with Gasteiger partial charge in [-0.2, -0.15) is 0 Å². The summed E-state index contributed by atoms with van der Waals surface area (Å²) in [6.07, 6.45) is 7.68. The highest BCUT2D eigenvalue weighted by Crippen LogP contribution is 2.34. The normalized spacial score (nSPS) is 20.2. The highest BCUT2D eigenvalue weighted by Gasteiger charge is 2.31. The Bertz CT molecular complexity index is 387. The van der Waals surface area contributed by atoms with Crippen molar-refractivity contribution in [2.75, 3.05) is 0 Å². The van der Waals surface area contributed by atoms with Crippen molar-refractivity contribution < 1.29 is 0 Å². The minimum atomic E-state index is -0.221. The summed E-state index contributed by atoms with van der Waals surface area (Å²) in [5.41, 5.74) is 7.29. The number of nitrogens with two attached hydrogens (primary N) is 1. The summed E-state index contributed by atoms with van der Waals surface area (Å²) in [5, 5.41) is 0. The topological polar surface area (TPSA) is 51.8 Å². The van der Waals surface area contributed by atoms with Crippen molar-refractivity contribution >= 4 is 0 Å². The lowest BCUT2D eigenvalue weighted by molar-refractivity contribution is 0.292. The first-order valence-corrected chi connectivity index (χ1v) is 6.55. The highest BCUT2D eigenvalue weighted by molar-refractivity contribution is 5.17. The van der Waals surface area contributed by atoms with Crippen LogP contribution in [0.1, 0.15) is 64.4 Å². The van der Waals surface area contributed by atoms with E-state index in [2.05, 4.69) is 25.8 Å². The van der Waals surface area contributed by atoms with Gasteiger partial charge in [-0.15, -0.1) is 0 Å². The molecule has 0 amide bonds. The third kappa shape index (κ3) is 2.65. The first-order valence-electron chi connectivity index (χ1n) is 6.55. The second-order valence-electron chi connectivity index (χ2n) is 6.23. The molecule has 0 spiro atoms. The molecule has 0 aliphatic heterocycles. The maximum atomic E-state index is 6.50. The van der Waals surface area contributed by atoms with Crippen LogP contribution in [-0.2, 0) is 11.0 Å². The van der Waals surface area contributed by atoms with Gasteiger partial charge in [0.25, 0.3) is 0 Å². The molecule has 3 nitrogen and oxygen atoms in total. The minimum absolute atomic E-state index is 0.0129. The summed E-state index contributed by atoms with van der Waals surface area (Å²) in [6.45, 7) is 6.41. The molecule has 0 saturated heterocycles. The van der Waals surface area contributed by atoms with Gasteiger partial charge in [0.1, 0.15) is 5.82 Å². The fourth-order valence-electron chi connectivity index (χ4n) is 2.44. The van der Waals surface area contributed by atoms with Gasteiger partial charge in [-0.1, -0.05) is 40.0 Å². The van der Waals surface area contributed by atoms with Crippen LogP contribution in [0.15, 0.2) is 12.3 Å². The zero-order valence-electron chi connectivity index (χ0n) is 11.2. The molecule has 1 aliphatic rings. The summed E-state index contributed by atoms with van der Waals surface area (Å²) in [5.74, 6) is 0.894. The molecule has 1 fully saturated rings. The fourth-order valence-corrected chi connectivity index (χ4v) is 2.44. The predicted molar refractivity (Wildman–Crippen MR) is 69.7 cm³/mol. The van der Waals surface area contributed by atoms with E-state index < -0.39 is 0 Å². The summed E-state index contributed by atoms with van der Waals surface area (Å²) >= 11 is 0. The van der Waals surface area contributed by atoms with E-state index in [4.69, 9.17) is 10.7 Å². The Morgan fingerprint density at radius 2 is 1.82 bits per heavy atom. The zero-order valence-corrected chi connectivity index (χ0v) is 11.2. The summed E-state index contributed by atoms with van der Waals surface area (Å²) in [7, 11) is 0. The molecule has 1 aliphatic carbocycles. The Kier molecular flexibility index (Phi) is 3.21. The van der Waals surface area contributed by atoms with Crippen LogP contribution < -0.4 is 5.73 Å². The van der Waals surface area contributed by atoms with Gasteiger partial charge in [0.15, 0.2) is 0 Å². The van der Waals surface area contributed by atoms with Crippen LogP contribution >= 0.6 is 0 Å². The summed E-state index contributed by atoms with van der Waals surface area (Å²) < 4.78 is 0. The highest BCUT2D eigenvalue weighted by atomic mass is 14.9. The number of aromatic nitrogens is 2. The Morgan fingerprint density at radius 3 is 2.41 bits per heavy atom. The van der Waals surface area contributed by atoms with Crippen molar-refractivity contribution in [3.8, 4) is 0 Å². The third-order valence-corrected chi connectivity index (χ3v) is 3.58. The molecule has 0 radical (unpaired) electrons. The molecule has 3 heteroatoms. The molecule has 1 aromatic heterocycles. The van der Waals surface area contributed by atoms with Crippen molar-refractivity contribution in [2.24, 2.45) is 5.73 Å².